The van der Waals surface area contributed by atoms with Crippen LogP contribution in [0.15, 0.2) is 18.2 Å². The van der Waals surface area contributed by atoms with E-state index < -0.39 is 58.9 Å². The van der Waals surface area contributed by atoms with E-state index in [0.717, 1.165) is 12.8 Å². The van der Waals surface area contributed by atoms with E-state index in [0.29, 0.717) is 24.8 Å². The quantitative estimate of drug-likeness (QED) is 0.131. The fraction of sp³-hybridized carbons (Fsp3) is 0.677. The molecule has 10 nitrogen and oxygen atoms in total. The summed E-state index contributed by atoms with van der Waals surface area (Å²) in [5, 5.41) is 9.82. The summed E-state index contributed by atoms with van der Waals surface area (Å²) in [6, 6.07) is 3.11. The summed E-state index contributed by atoms with van der Waals surface area (Å²) in [5.41, 5.74) is 4.94. The van der Waals surface area contributed by atoms with Crippen molar-refractivity contribution in [1.29, 1.82) is 0 Å². The largest absolute Gasteiger partial charge is 0.508 e. The third-order valence-electron chi connectivity index (χ3n) is 7.86. The van der Waals surface area contributed by atoms with Gasteiger partial charge >= 0.3 is 24.1 Å². The molecule has 1 aromatic carbocycles. The van der Waals surface area contributed by atoms with Gasteiger partial charge in [-0.1, -0.05) is 46.6 Å². The molecular weight excluding hydrogens is 530 g/mol. The monoisotopic (exact) mass is 579 g/mol. The number of benzene rings is 1. The van der Waals surface area contributed by atoms with Gasteiger partial charge < -0.3 is 29.8 Å². The van der Waals surface area contributed by atoms with Crippen LogP contribution in [-0.4, -0.2) is 47.9 Å². The molecule has 4 atom stereocenters. The molecule has 1 rings (SSSR count). The van der Waals surface area contributed by atoms with Crippen LogP contribution in [0.4, 0.5) is 4.79 Å². The van der Waals surface area contributed by atoms with Gasteiger partial charge in [0.15, 0.2) is 11.5 Å². The molecule has 0 radical (unpaired) electrons. The maximum Gasteiger partial charge on any atom is 0.508 e. The maximum absolute atomic E-state index is 13.0. The van der Waals surface area contributed by atoms with Gasteiger partial charge in [-0.2, -0.15) is 0 Å². The summed E-state index contributed by atoms with van der Waals surface area (Å²) in [5.74, 6) is -3.78. The summed E-state index contributed by atoms with van der Waals surface area (Å²) in [6.45, 7) is 16.3. The first kappa shape index (κ1) is 35.9. The SMILES string of the molecule is CCCCCOC(=O)OC(C)C(C)C(c1ccc(OC(=O)C(C)(C)CC)c(OC(=O)C(C)(C)CC)c1)[C@H](N)C(=O)O. The van der Waals surface area contributed by atoms with Crippen molar-refractivity contribution >= 4 is 24.1 Å². The van der Waals surface area contributed by atoms with Crippen LogP contribution in [0.1, 0.15) is 106 Å². The lowest BCUT2D eigenvalue weighted by atomic mass is 9.79. The van der Waals surface area contributed by atoms with Crippen molar-refractivity contribution < 1.29 is 43.2 Å². The van der Waals surface area contributed by atoms with Crippen LogP contribution in [0.3, 0.4) is 0 Å². The maximum atomic E-state index is 13.0. The van der Waals surface area contributed by atoms with Gasteiger partial charge in [0.1, 0.15) is 12.1 Å². The normalized spacial score (nSPS) is 14.8. The fourth-order valence-corrected chi connectivity index (χ4v) is 3.74. The predicted molar refractivity (Wildman–Crippen MR) is 155 cm³/mol. The molecule has 0 aromatic heterocycles. The number of rotatable bonds is 16. The van der Waals surface area contributed by atoms with Gasteiger partial charge in [0.05, 0.1) is 17.4 Å². The number of carboxylic acids is 1. The summed E-state index contributed by atoms with van der Waals surface area (Å²) in [7, 11) is 0. The molecule has 1 aromatic rings. The van der Waals surface area contributed by atoms with Gasteiger partial charge in [0, 0.05) is 11.8 Å². The zero-order valence-electron chi connectivity index (χ0n) is 26.1. The Kier molecular flexibility index (Phi) is 13.8. The molecular formula is C31H49NO9. The molecule has 0 spiro atoms. The predicted octanol–water partition coefficient (Wildman–Crippen LogP) is 6.23. The molecule has 10 heteroatoms. The second-order valence-electron chi connectivity index (χ2n) is 11.8. The Morgan fingerprint density at radius 3 is 1.90 bits per heavy atom. The van der Waals surface area contributed by atoms with E-state index in [1.807, 2.05) is 20.8 Å². The van der Waals surface area contributed by atoms with Crippen LogP contribution in [0.2, 0.25) is 0 Å². The van der Waals surface area contributed by atoms with Crippen LogP contribution in [0.25, 0.3) is 0 Å². The van der Waals surface area contributed by atoms with Crippen molar-refractivity contribution in [2.75, 3.05) is 6.61 Å². The molecule has 0 aliphatic heterocycles. The first-order chi connectivity index (χ1) is 19.0. The van der Waals surface area contributed by atoms with Gasteiger partial charge in [-0.05, 0) is 71.6 Å². The summed E-state index contributed by atoms with van der Waals surface area (Å²) in [6.07, 6.45) is 2.01. The Bertz CT molecular complexity index is 1050. The molecule has 41 heavy (non-hydrogen) atoms. The third-order valence-corrected chi connectivity index (χ3v) is 7.86. The Balaban J connectivity index is 3.47. The van der Waals surface area contributed by atoms with E-state index in [4.69, 9.17) is 24.7 Å². The molecule has 0 saturated heterocycles. The standard InChI is InChI=1S/C31H49NO9/c1-10-13-14-17-38-29(37)39-20(5)19(4)24(25(32)26(33)34)21-15-16-22(40-27(35)30(6,7)11-2)23(18-21)41-28(36)31(8,9)12-3/h15-16,18-20,24-25H,10-14,17,32H2,1-9H3,(H,33,34)/t19?,20?,24?,25-/m0/s1. The van der Waals surface area contributed by atoms with E-state index in [2.05, 4.69) is 0 Å². The molecule has 3 N–H and O–H groups in total. The van der Waals surface area contributed by atoms with Gasteiger partial charge in [-0.15, -0.1) is 0 Å². The average molecular weight is 580 g/mol. The van der Waals surface area contributed by atoms with Crippen molar-refractivity contribution in [2.24, 2.45) is 22.5 Å². The Morgan fingerprint density at radius 2 is 1.41 bits per heavy atom. The fourth-order valence-electron chi connectivity index (χ4n) is 3.74. The molecule has 0 amide bonds. The van der Waals surface area contributed by atoms with Crippen LogP contribution in [0.5, 0.6) is 11.5 Å². The van der Waals surface area contributed by atoms with Gasteiger partial charge in [-0.3, -0.25) is 14.4 Å². The van der Waals surface area contributed by atoms with Gasteiger partial charge in [0.25, 0.3) is 0 Å². The Labute approximate surface area is 244 Å². The minimum atomic E-state index is -1.39. The number of unbranched alkanes of at least 4 members (excludes halogenated alkanes) is 2. The molecule has 232 valence electrons. The summed E-state index contributed by atoms with van der Waals surface area (Å²) >= 11 is 0. The Hall–Kier alpha value is -3.14. The molecule has 0 aliphatic carbocycles. The molecule has 0 aliphatic rings. The number of aliphatic carboxylic acids is 1. The highest BCUT2D eigenvalue weighted by Crippen LogP contribution is 2.39. The molecule has 0 heterocycles. The van der Waals surface area contributed by atoms with E-state index in [-0.39, 0.29) is 18.1 Å². The zero-order valence-corrected chi connectivity index (χ0v) is 26.1. The number of ether oxygens (including phenoxy) is 4. The highest BCUT2D eigenvalue weighted by molar-refractivity contribution is 5.82. The number of carboxylic acid groups (broad SMARTS) is 1. The Morgan fingerprint density at radius 1 is 0.878 bits per heavy atom. The highest BCUT2D eigenvalue weighted by atomic mass is 16.7. The van der Waals surface area contributed by atoms with Crippen LogP contribution in [0, 0.1) is 16.7 Å². The topological polar surface area (TPSA) is 151 Å². The number of carbonyl (C=O) groups is 4. The van der Waals surface area contributed by atoms with Crippen molar-refractivity contribution in [2.45, 2.75) is 112 Å². The van der Waals surface area contributed by atoms with E-state index in [9.17, 15) is 24.3 Å². The lowest BCUT2D eigenvalue weighted by molar-refractivity contribution is -0.147. The van der Waals surface area contributed by atoms with Crippen molar-refractivity contribution in [3.05, 3.63) is 23.8 Å². The van der Waals surface area contributed by atoms with Crippen molar-refractivity contribution in [1.82, 2.24) is 0 Å². The number of hydrogen-bond acceptors (Lipinski definition) is 9. The highest BCUT2D eigenvalue weighted by Gasteiger charge is 2.37. The van der Waals surface area contributed by atoms with Gasteiger partial charge in [0.2, 0.25) is 0 Å². The second-order valence-corrected chi connectivity index (χ2v) is 11.8. The van der Waals surface area contributed by atoms with Crippen molar-refractivity contribution in [3.63, 3.8) is 0 Å². The van der Waals surface area contributed by atoms with Crippen LogP contribution in [-0.2, 0) is 23.9 Å². The molecule has 0 saturated carbocycles. The van der Waals surface area contributed by atoms with Crippen LogP contribution >= 0.6 is 0 Å². The molecule has 3 unspecified atom stereocenters. The van der Waals surface area contributed by atoms with Crippen molar-refractivity contribution in [3.8, 4) is 11.5 Å². The first-order valence-electron chi connectivity index (χ1n) is 14.4. The smallest absolute Gasteiger partial charge is 0.480 e. The minimum Gasteiger partial charge on any atom is -0.480 e. The molecule has 0 fully saturated rings. The lowest BCUT2D eigenvalue weighted by Gasteiger charge is -2.32. The number of nitrogens with two attached hydrogens (primary N) is 1. The summed E-state index contributed by atoms with van der Waals surface area (Å²) < 4.78 is 22.0. The number of esters is 2. The minimum absolute atomic E-state index is 0.0239. The second kappa shape index (κ2) is 15.7. The number of carbonyl (C=O) groups excluding carboxylic acids is 3. The zero-order chi connectivity index (χ0) is 31.5. The lowest BCUT2D eigenvalue weighted by Crippen LogP contribution is -2.42. The van der Waals surface area contributed by atoms with E-state index in [1.165, 1.54) is 12.1 Å². The third kappa shape index (κ3) is 10.3. The average Bonchev–Trinajstić information content (AvgIpc) is 2.91. The van der Waals surface area contributed by atoms with E-state index >= 15 is 0 Å². The first-order valence-corrected chi connectivity index (χ1v) is 14.4. The van der Waals surface area contributed by atoms with Gasteiger partial charge in [-0.25, -0.2) is 4.79 Å². The van der Waals surface area contributed by atoms with E-state index in [1.54, 1.807) is 47.6 Å². The molecule has 0 bridgehead atoms. The number of hydrogen-bond donors (Lipinski definition) is 2. The van der Waals surface area contributed by atoms with Crippen LogP contribution < -0.4 is 15.2 Å². The summed E-state index contributed by atoms with van der Waals surface area (Å²) in [4.78, 5) is 50.2.